The zero-order valence-electron chi connectivity index (χ0n) is 14.7. The van der Waals surface area contributed by atoms with Crippen LogP contribution in [0.4, 0.5) is 0 Å². The number of benzene rings is 2. The molecule has 0 spiro atoms. The molecule has 0 aromatic heterocycles. The van der Waals surface area contributed by atoms with Gasteiger partial charge in [0, 0.05) is 0 Å². The van der Waals surface area contributed by atoms with Crippen LogP contribution in [0.25, 0.3) is 6.08 Å². The highest BCUT2D eigenvalue weighted by Crippen LogP contribution is 2.29. The summed E-state index contributed by atoms with van der Waals surface area (Å²) in [4.78, 5) is 0. The Morgan fingerprint density at radius 3 is 1.96 bits per heavy atom. The van der Waals surface area contributed by atoms with E-state index in [0.717, 1.165) is 16.9 Å². The summed E-state index contributed by atoms with van der Waals surface area (Å²) in [6.45, 7) is 4.82. The fourth-order valence-electron chi connectivity index (χ4n) is 2.30. The second kappa shape index (κ2) is 8.87. The van der Waals surface area contributed by atoms with Crippen molar-refractivity contribution >= 4 is 6.08 Å². The Hall–Kier alpha value is -2.62. The quantitative estimate of drug-likeness (QED) is 0.669. The minimum atomic E-state index is 0.413. The first-order chi connectivity index (χ1) is 11.7. The van der Waals surface area contributed by atoms with Crippen molar-refractivity contribution in [2.45, 2.75) is 13.8 Å². The molecule has 0 saturated heterocycles. The molecule has 0 N–H and O–H groups in total. The number of allylic oxidation sites excluding steroid dienone is 1. The van der Waals surface area contributed by atoms with E-state index < -0.39 is 0 Å². The third-order valence-electron chi connectivity index (χ3n) is 3.46. The zero-order chi connectivity index (χ0) is 17.4. The molecule has 0 atom stereocenters. The standard InChI is InChI=1S/C20H24O4/c1-5-6-16-8-10-18(20(14-16)22-4)24-12-11-23-17-9-7-15(2)13-19(17)21-3/h5-10,13-14H,11-12H2,1-4H3. The van der Waals surface area contributed by atoms with E-state index in [4.69, 9.17) is 18.9 Å². The summed E-state index contributed by atoms with van der Waals surface area (Å²) in [6, 6.07) is 11.7. The lowest BCUT2D eigenvalue weighted by atomic mass is 10.2. The molecule has 0 radical (unpaired) electrons. The van der Waals surface area contributed by atoms with E-state index in [-0.39, 0.29) is 0 Å². The van der Waals surface area contributed by atoms with Crippen LogP contribution in [0, 0.1) is 6.92 Å². The van der Waals surface area contributed by atoms with Crippen LogP contribution >= 0.6 is 0 Å². The summed E-state index contributed by atoms with van der Waals surface area (Å²) in [7, 11) is 3.27. The van der Waals surface area contributed by atoms with Gasteiger partial charge in [-0.2, -0.15) is 0 Å². The van der Waals surface area contributed by atoms with Gasteiger partial charge < -0.3 is 18.9 Å². The van der Waals surface area contributed by atoms with Crippen molar-refractivity contribution in [3.8, 4) is 23.0 Å². The number of aryl methyl sites for hydroxylation is 1. The van der Waals surface area contributed by atoms with Crippen molar-refractivity contribution in [3.05, 3.63) is 53.6 Å². The van der Waals surface area contributed by atoms with Gasteiger partial charge in [-0.25, -0.2) is 0 Å². The zero-order valence-corrected chi connectivity index (χ0v) is 14.7. The highest BCUT2D eigenvalue weighted by molar-refractivity contribution is 5.55. The second-order valence-corrected chi connectivity index (χ2v) is 5.26. The van der Waals surface area contributed by atoms with Crippen molar-refractivity contribution in [1.82, 2.24) is 0 Å². The number of hydrogen-bond donors (Lipinski definition) is 0. The third-order valence-corrected chi connectivity index (χ3v) is 3.46. The van der Waals surface area contributed by atoms with Crippen LogP contribution < -0.4 is 18.9 Å². The molecule has 2 rings (SSSR count). The Morgan fingerprint density at radius 1 is 0.792 bits per heavy atom. The first-order valence-electron chi connectivity index (χ1n) is 7.89. The summed E-state index contributed by atoms with van der Waals surface area (Å²) in [6.07, 6.45) is 4.00. The van der Waals surface area contributed by atoms with Crippen LogP contribution in [0.15, 0.2) is 42.5 Å². The number of rotatable bonds is 8. The molecule has 0 fully saturated rings. The van der Waals surface area contributed by atoms with E-state index in [9.17, 15) is 0 Å². The minimum absolute atomic E-state index is 0.413. The van der Waals surface area contributed by atoms with Gasteiger partial charge in [-0.15, -0.1) is 0 Å². The summed E-state index contributed by atoms with van der Waals surface area (Å²) < 4.78 is 22.2. The number of ether oxygens (including phenoxy) is 4. The summed E-state index contributed by atoms with van der Waals surface area (Å²) in [5.74, 6) is 2.84. The van der Waals surface area contributed by atoms with Gasteiger partial charge in [-0.3, -0.25) is 0 Å². The summed E-state index contributed by atoms with van der Waals surface area (Å²) in [5, 5.41) is 0. The van der Waals surface area contributed by atoms with Crippen molar-refractivity contribution in [3.63, 3.8) is 0 Å². The molecular formula is C20H24O4. The molecule has 0 bridgehead atoms. The van der Waals surface area contributed by atoms with Gasteiger partial charge in [0.25, 0.3) is 0 Å². The van der Waals surface area contributed by atoms with Crippen molar-refractivity contribution in [1.29, 1.82) is 0 Å². The van der Waals surface area contributed by atoms with Crippen LogP contribution in [0.5, 0.6) is 23.0 Å². The van der Waals surface area contributed by atoms with Gasteiger partial charge in [0.2, 0.25) is 0 Å². The van der Waals surface area contributed by atoms with E-state index in [2.05, 4.69) is 0 Å². The summed E-state index contributed by atoms with van der Waals surface area (Å²) >= 11 is 0. The van der Waals surface area contributed by atoms with Gasteiger partial charge in [-0.05, 0) is 49.2 Å². The predicted octanol–water partition coefficient (Wildman–Crippen LogP) is 4.50. The van der Waals surface area contributed by atoms with Gasteiger partial charge in [-0.1, -0.05) is 24.3 Å². The minimum Gasteiger partial charge on any atom is -0.493 e. The molecule has 4 heteroatoms. The lowest BCUT2D eigenvalue weighted by molar-refractivity contribution is 0.206. The van der Waals surface area contributed by atoms with Crippen molar-refractivity contribution in [2.75, 3.05) is 27.4 Å². The molecule has 0 aliphatic heterocycles. The Morgan fingerprint density at radius 2 is 1.38 bits per heavy atom. The Balaban J connectivity index is 1.93. The predicted molar refractivity (Wildman–Crippen MR) is 96.4 cm³/mol. The summed E-state index contributed by atoms with van der Waals surface area (Å²) in [5.41, 5.74) is 2.20. The maximum Gasteiger partial charge on any atom is 0.161 e. The van der Waals surface area contributed by atoms with E-state index in [1.165, 1.54) is 0 Å². The molecule has 4 nitrogen and oxygen atoms in total. The van der Waals surface area contributed by atoms with Gasteiger partial charge in [0.1, 0.15) is 13.2 Å². The Kier molecular flexibility index (Phi) is 6.55. The van der Waals surface area contributed by atoms with Crippen LogP contribution in [-0.2, 0) is 0 Å². The highest BCUT2D eigenvalue weighted by Gasteiger charge is 2.07. The maximum atomic E-state index is 5.77. The largest absolute Gasteiger partial charge is 0.493 e. The lowest BCUT2D eigenvalue weighted by Gasteiger charge is -2.13. The van der Waals surface area contributed by atoms with Crippen LogP contribution in [0.3, 0.4) is 0 Å². The average molecular weight is 328 g/mol. The molecule has 0 heterocycles. The fraction of sp³-hybridized carbons (Fsp3) is 0.300. The van der Waals surface area contributed by atoms with Gasteiger partial charge in [0.05, 0.1) is 14.2 Å². The fourth-order valence-corrected chi connectivity index (χ4v) is 2.30. The Labute approximate surface area is 143 Å². The van der Waals surface area contributed by atoms with E-state index in [1.54, 1.807) is 14.2 Å². The van der Waals surface area contributed by atoms with E-state index in [0.29, 0.717) is 30.5 Å². The van der Waals surface area contributed by atoms with Crippen LogP contribution in [0.1, 0.15) is 18.1 Å². The maximum absolute atomic E-state index is 5.77. The average Bonchev–Trinajstić information content (AvgIpc) is 2.60. The Bertz CT molecular complexity index is 692. The smallest absolute Gasteiger partial charge is 0.161 e. The molecule has 24 heavy (non-hydrogen) atoms. The van der Waals surface area contributed by atoms with Crippen molar-refractivity contribution in [2.24, 2.45) is 0 Å². The first-order valence-corrected chi connectivity index (χ1v) is 7.89. The molecule has 0 aliphatic rings. The highest BCUT2D eigenvalue weighted by atomic mass is 16.5. The molecule has 0 unspecified atom stereocenters. The SMILES string of the molecule is CC=Cc1ccc(OCCOc2ccc(C)cc2OC)c(OC)c1. The van der Waals surface area contributed by atoms with Gasteiger partial charge >= 0.3 is 0 Å². The normalized spacial score (nSPS) is 10.7. The van der Waals surface area contributed by atoms with Crippen LogP contribution in [0.2, 0.25) is 0 Å². The third kappa shape index (κ3) is 4.69. The number of methoxy groups -OCH3 is 2. The van der Waals surface area contributed by atoms with E-state index in [1.807, 2.05) is 62.4 Å². The molecular weight excluding hydrogens is 304 g/mol. The molecule has 0 aliphatic carbocycles. The monoisotopic (exact) mass is 328 g/mol. The topological polar surface area (TPSA) is 36.9 Å². The number of hydrogen-bond acceptors (Lipinski definition) is 4. The van der Waals surface area contributed by atoms with Gasteiger partial charge in [0.15, 0.2) is 23.0 Å². The van der Waals surface area contributed by atoms with Crippen LogP contribution in [-0.4, -0.2) is 27.4 Å². The molecule has 2 aromatic carbocycles. The van der Waals surface area contributed by atoms with E-state index >= 15 is 0 Å². The first kappa shape index (κ1) is 17.7. The van der Waals surface area contributed by atoms with Crippen molar-refractivity contribution < 1.29 is 18.9 Å². The molecule has 0 saturated carbocycles. The molecule has 128 valence electrons. The second-order valence-electron chi connectivity index (χ2n) is 5.26. The molecule has 0 amide bonds. The molecule has 2 aromatic rings. The lowest BCUT2D eigenvalue weighted by Crippen LogP contribution is -2.10.